The minimum atomic E-state index is -0.418. The van der Waals surface area contributed by atoms with Crippen LogP contribution in [0.3, 0.4) is 0 Å². The quantitative estimate of drug-likeness (QED) is 0.584. The number of carbonyl (C=O) groups excluding carboxylic acids is 1. The maximum absolute atomic E-state index is 11.2. The third-order valence-corrected chi connectivity index (χ3v) is 1.80. The van der Waals surface area contributed by atoms with Crippen LogP contribution in [0.4, 0.5) is 0 Å². The molecule has 1 heterocycles. The first-order valence-electron chi connectivity index (χ1n) is 3.79. The normalized spacial score (nSPS) is 9.69. The van der Waals surface area contributed by atoms with Crippen LogP contribution in [0.1, 0.15) is 17.4 Å². The van der Waals surface area contributed by atoms with Crippen molar-refractivity contribution in [2.24, 2.45) is 5.14 Å². The molecule has 1 aromatic rings. The molecule has 0 amide bonds. The zero-order valence-corrected chi connectivity index (χ0v) is 8.00. The molecule has 0 aromatic carbocycles. The molecule has 5 heteroatoms. The molecule has 1 rings (SSSR count). The third-order valence-electron chi connectivity index (χ3n) is 1.33. The van der Waals surface area contributed by atoms with Crippen LogP contribution >= 0.6 is 11.9 Å². The molecule has 0 radical (unpaired) electrons. The standard InChI is InChI=1S/C8H10N2O2S/c1-2-12-8(11)6-4-3-5-7(10-6)13-9/h3-5H,2,9H2,1H3. The van der Waals surface area contributed by atoms with E-state index in [2.05, 4.69) is 4.98 Å². The minimum absolute atomic E-state index is 0.289. The highest BCUT2D eigenvalue weighted by molar-refractivity contribution is 7.97. The molecule has 0 aliphatic carbocycles. The van der Waals surface area contributed by atoms with Crippen LogP contribution in [-0.2, 0) is 4.74 Å². The molecule has 0 fully saturated rings. The summed E-state index contributed by atoms with van der Waals surface area (Å²) < 4.78 is 4.78. The number of pyridine rings is 1. The summed E-state index contributed by atoms with van der Waals surface area (Å²) in [5, 5.41) is 5.90. The summed E-state index contributed by atoms with van der Waals surface area (Å²) in [7, 11) is 0. The van der Waals surface area contributed by atoms with Crippen molar-refractivity contribution >= 4 is 17.9 Å². The average Bonchev–Trinajstić information content (AvgIpc) is 2.18. The van der Waals surface area contributed by atoms with Gasteiger partial charge < -0.3 is 4.74 Å². The monoisotopic (exact) mass is 198 g/mol. The zero-order valence-electron chi connectivity index (χ0n) is 7.19. The van der Waals surface area contributed by atoms with E-state index in [1.54, 1.807) is 25.1 Å². The Morgan fingerprint density at radius 2 is 2.46 bits per heavy atom. The summed E-state index contributed by atoms with van der Waals surface area (Å²) in [4.78, 5) is 15.2. The van der Waals surface area contributed by atoms with Gasteiger partial charge in [-0.1, -0.05) is 6.07 Å². The molecule has 0 unspecified atom stereocenters. The Morgan fingerprint density at radius 1 is 1.69 bits per heavy atom. The van der Waals surface area contributed by atoms with Crippen LogP contribution in [-0.4, -0.2) is 17.6 Å². The lowest BCUT2D eigenvalue weighted by atomic mass is 10.3. The lowest BCUT2D eigenvalue weighted by Gasteiger charge is -2.01. The molecule has 0 aliphatic rings. The molecular weight excluding hydrogens is 188 g/mol. The number of esters is 1. The second kappa shape index (κ2) is 4.84. The van der Waals surface area contributed by atoms with E-state index in [1.165, 1.54) is 0 Å². The van der Waals surface area contributed by atoms with Crippen molar-refractivity contribution in [1.29, 1.82) is 0 Å². The first kappa shape index (κ1) is 10.0. The van der Waals surface area contributed by atoms with Gasteiger partial charge in [0.1, 0.15) is 10.7 Å². The van der Waals surface area contributed by atoms with Crippen molar-refractivity contribution in [1.82, 2.24) is 4.98 Å². The summed E-state index contributed by atoms with van der Waals surface area (Å²) in [6.45, 7) is 2.10. The van der Waals surface area contributed by atoms with Crippen LogP contribution in [0.2, 0.25) is 0 Å². The highest BCUT2D eigenvalue weighted by Crippen LogP contribution is 2.08. The number of hydrogen-bond donors (Lipinski definition) is 1. The molecule has 70 valence electrons. The lowest BCUT2D eigenvalue weighted by Crippen LogP contribution is -2.07. The lowest BCUT2D eigenvalue weighted by molar-refractivity contribution is 0.0518. The van der Waals surface area contributed by atoms with Gasteiger partial charge in [-0.3, -0.25) is 5.14 Å². The van der Waals surface area contributed by atoms with Gasteiger partial charge in [0.15, 0.2) is 0 Å². The van der Waals surface area contributed by atoms with Crippen molar-refractivity contribution in [3.8, 4) is 0 Å². The van der Waals surface area contributed by atoms with E-state index >= 15 is 0 Å². The molecule has 4 nitrogen and oxygen atoms in total. The molecule has 1 aromatic heterocycles. The summed E-state index contributed by atoms with van der Waals surface area (Å²) >= 11 is 1.000. The topological polar surface area (TPSA) is 65.2 Å². The second-order valence-corrected chi connectivity index (χ2v) is 2.85. The average molecular weight is 198 g/mol. The first-order chi connectivity index (χ1) is 6.27. The van der Waals surface area contributed by atoms with Crippen molar-refractivity contribution in [2.45, 2.75) is 11.9 Å². The van der Waals surface area contributed by atoms with E-state index in [4.69, 9.17) is 9.88 Å². The summed E-state index contributed by atoms with van der Waals surface area (Å²) in [5.41, 5.74) is 0.289. The van der Waals surface area contributed by atoms with E-state index in [1.807, 2.05) is 0 Å². The molecule has 0 saturated carbocycles. The number of aromatic nitrogens is 1. The molecule has 0 atom stereocenters. The number of carbonyl (C=O) groups is 1. The van der Waals surface area contributed by atoms with Crippen LogP contribution in [0.5, 0.6) is 0 Å². The second-order valence-electron chi connectivity index (χ2n) is 2.20. The van der Waals surface area contributed by atoms with Gasteiger partial charge in [0.2, 0.25) is 0 Å². The largest absolute Gasteiger partial charge is 0.461 e. The molecule has 13 heavy (non-hydrogen) atoms. The van der Waals surface area contributed by atoms with Crippen molar-refractivity contribution < 1.29 is 9.53 Å². The number of hydrogen-bond acceptors (Lipinski definition) is 5. The maximum atomic E-state index is 11.2. The summed E-state index contributed by atoms with van der Waals surface area (Å²) in [5.74, 6) is -0.418. The highest BCUT2D eigenvalue weighted by Gasteiger charge is 2.07. The predicted octanol–water partition coefficient (Wildman–Crippen LogP) is 1.22. The Kier molecular flexibility index (Phi) is 3.72. The van der Waals surface area contributed by atoms with Crippen LogP contribution in [0.25, 0.3) is 0 Å². The molecule has 0 bridgehead atoms. The SMILES string of the molecule is CCOC(=O)c1cccc(SN)n1. The number of ether oxygens (including phenoxy) is 1. The Hall–Kier alpha value is -1.07. The molecule has 2 N–H and O–H groups in total. The molecule has 0 aliphatic heterocycles. The Bertz CT molecular complexity index is 304. The molecular formula is C8H10N2O2S. The Balaban J connectivity index is 2.82. The van der Waals surface area contributed by atoms with E-state index in [9.17, 15) is 4.79 Å². The van der Waals surface area contributed by atoms with Gasteiger partial charge in [-0.2, -0.15) is 0 Å². The maximum Gasteiger partial charge on any atom is 0.356 e. The predicted molar refractivity (Wildman–Crippen MR) is 50.2 cm³/mol. The molecule has 0 saturated heterocycles. The smallest absolute Gasteiger partial charge is 0.356 e. The van der Waals surface area contributed by atoms with Gasteiger partial charge in [-0.15, -0.1) is 0 Å². The fraction of sp³-hybridized carbons (Fsp3) is 0.250. The molecule has 0 spiro atoms. The van der Waals surface area contributed by atoms with Gasteiger partial charge >= 0.3 is 5.97 Å². The number of rotatable bonds is 3. The fourth-order valence-corrected chi connectivity index (χ4v) is 1.11. The van der Waals surface area contributed by atoms with Crippen molar-refractivity contribution in [2.75, 3.05) is 6.61 Å². The van der Waals surface area contributed by atoms with E-state index < -0.39 is 5.97 Å². The van der Waals surface area contributed by atoms with E-state index in [0.29, 0.717) is 11.6 Å². The Morgan fingerprint density at radius 3 is 3.08 bits per heavy atom. The van der Waals surface area contributed by atoms with Gasteiger partial charge in [0, 0.05) is 0 Å². The van der Waals surface area contributed by atoms with Gasteiger partial charge in [0.05, 0.1) is 6.61 Å². The van der Waals surface area contributed by atoms with Gasteiger partial charge in [0.25, 0.3) is 0 Å². The summed E-state index contributed by atoms with van der Waals surface area (Å²) in [6.07, 6.45) is 0. The van der Waals surface area contributed by atoms with Crippen LogP contribution in [0.15, 0.2) is 23.2 Å². The van der Waals surface area contributed by atoms with E-state index in [0.717, 1.165) is 11.9 Å². The third kappa shape index (κ3) is 2.71. The Labute approximate surface area is 80.6 Å². The number of nitrogens with zero attached hydrogens (tertiary/aromatic N) is 1. The summed E-state index contributed by atoms with van der Waals surface area (Å²) in [6, 6.07) is 5.04. The van der Waals surface area contributed by atoms with Crippen molar-refractivity contribution in [3.05, 3.63) is 23.9 Å². The highest BCUT2D eigenvalue weighted by atomic mass is 32.2. The van der Waals surface area contributed by atoms with Crippen LogP contribution in [0, 0.1) is 0 Å². The van der Waals surface area contributed by atoms with Gasteiger partial charge in [-0.25, -0.2) is 9.78 Å². The fourth-order valence-electron chi connectivity index (χ4n) is 0.799. The minimum Gasteiger partial charge on any atom is -0.461 e. The first-order valence-corrected chi connectivity index (χ1v) is 4.66. The van der Waals surface area contributed by atoms with E-state index in [-0.39, 0.29) is 5.69 Å². The van der Waals surface area contributed by atoms with Crippen molar-refractivity contribution in [3.63, 3.8) is 0 Å². The zero-order chi connectivity index (χ0) is 9.68. The number of nitrogens with two attached hydrogens (primary N) is 1. The van der Waals surface area contributed by atoms with Crippen LogP contribution < -0.4 is 5.14 Å². The van der Waals surface area contributed by atoms with Gasteiger partial charge in [-0.05, 0) is 31.0 Å².